The van der Waals surface area contributed by atoms with Crippen molar-refractivity contribution in [1.29, 1.82) is 0 Å². The molecule has 2 heterocycles. The van der Waals surface area contributed by atoms with Crippen molar-refractivity contribution in [3.8, 4) is 12.3 Å². The summed E-state index contributed by atoms with van der Waals surface area (Å²) in [6.07, 6.45) is 12.3. The molecular formula is C14H16N2. The molecule has 3 rings (SSSR count). The molecule has 0 unspecified atom stereocenters. The molecule has 0 aromatic carbocycles. The van der Waals surface area contributed by atoms with Crippen LogP contribution in [0.25, 0.3) is 0 Å². The third kappa shape index (κ3) is 1.39. The highest BCUT2D eigenvalue weighted by Gasteiger charge is 2.45. The summed E-state index contributed by atoms with van der Waals surface area (Å²) in [7, 11) is 0. The number of aromatic nitrogens is 1. The lowest BCUT2D eigenvalue weighted by atomic mass is 9.97. The van der Waals surface area contributed by atoms with Gasteiger partial charge in [0.05, 0.1) is 5.41 Å². The van der Waals surface area contributed by atoms with Crippen molar-refractivity contribution in [1.82, 2.24) is 4.98 Å². The molecule has 2 heteroatoms. The van der Waals surface area contributed by atoms with Gasteiger partial charge in [0, 0.05) is 24.8 Å². The molecule has 1 saturated heterocycles. The van der Waals surface area contributed by atoms with Gasteiger partial charge in [-0.2, -0.15) is 0 Å². The van der Waals surface area contributed by atoms with Crippen LogP contribution in [-0.2, 0) is 5.41 Å². The van der Waals surface area contributed by atoms with Crippen LogP contribution < -0.4 is 4.90 Å². The molecule has 1 saturated carbocycles. The fourth-order valence-corrected chi connectivity index (χ4v) is 2.57. The molecule has 2 fully saturated rings. The minimum atomic E-state index is 0.00613. The molecule has 1 aliphatic carbocycles. The Morgan fingerprint density at radius 3 is 2.69 bits per heavy atom. The second kappa shape index (κ2) is 3.52. The molecular weight excluding hydrogens is 196 g/mol. The molecule has 0 N–H and O–H groups in total. The fourth-order valence-electron chi connectivity index (χ4n) is 2.57. The van der Waals surface area contributed by atoms with E-state index < -0.39 is 0 Å². The Hall–Kier alpha value is -1.49. The van der Waals surface area contributed by atoms with Crippen molar-refractivity contribution >= 4 is 5.82 Å². The third-order valence-corrected chi connectivity index (χ3v) is 3.73. The molecule has 82 valence electrons. The van der Waals surface area contributed by atoms with E-state index in [1.165, 1.54) is 18.4 Å². The van der Waals surface area contributed by atoms with Gasteiger partial charge in [0.2, 0.25) is 0 Å². The van der Waals surface area contributed by atoms with E-state index in [9.17, 15) is 0 Å². The van der Waals surface area contributed by atoms with Gasteiger partial charge in [0.15, 0.2) is 0 Å². The largest absolute Gasteiger partial charge is 0.356 e. The number of terminal acetylenes is 1. The van der Waals surface area contributed by atoms with E-state index in [-0.39, 0.29) is 5.41 Å². The Morgan fingerprint density at radius 2 is 2.06 bits per heavy atom. The van der Waals surface area contributed by atoms with Crippen molar-refractivity contribution in [2.24, 2.45) is 0 Å². The standard InChI is InChI=1S/C14H16N2/c1-2-14(7-8-14)12-6-5-9-15-13(12)16-10-3-4-11-16/h1,5-6,9H,3-4,7-8,10-11H2. The average molecular weight is 212 g/mol. The first kappa shape index (κ1) is 9.72. The van der Waals surface area contributed by atoms with Crippen LogP contribution in [0.2, 0.25) is 0 Å². The van der Waals surface area contributed by atoms with Gasteiger partial charge in [-0.25, -0.2) is 4.98 Å². The molecule has 2 nitrogen and oxygen atoms in total. The molecule has 0 spiro atoms. The van der Waals surface area contributed by atoms with Crippen molar-refractivity contribution in [3.05, 3.63) is 23.9 Å². The molecule has 0 bridgehead atoms. The summed E-state index contributed by atoms with van der Waals surface area (Å²) in [4.78, 5) is 6.93. The summed E-state index contributed by atoms with van der Waals surface area (Å²) in [5.74, 6) is 4.10. The van der Waals surface area contributed by atoms with Gasteiger partial charge in [-0.3, -0.25) is 0 Å². The van der Waals surface area contributed by atoms with E-state index in [1.807, 2.05) is 12.3 Å². The Morgan fingerprint density at radius 1 is 1.31 bits per heavy atom. The van der Waals surface area contributed by atoms with Crippen LogP contribution in [0.15, 0.2) is 18.3 Å². The van der Waals surface area contributed by atoms with Crippen molar-refractivity contribution in [3.63, 3.8) is 0 Å². The minimum absolute atomic E-state index is 0.00613. The molecule has 2 aliphatic rings. The smallest absolute Gasteiger partial charge is 0.133 e. The molecule has 16 heavy (non-hydrogen) atoms. The number of pyridine rings is 1. The van der Waals surface area contributed by atoms with Gasteiger partial charge in [0.25, 0.3) is 0 Å². The molecule has 0 radical (unpaired) electrons. The van der Waals surface area contributed by atoms with Gasteiger partial charge in [-0.15, -0.1) is 6.42 Å². The first-order valence-electron chi connectivity index (χ1n) is 6.04. The first-order chi connectivity index (χ1) is 7.86. The second-order valence-electron chi connectivity index (χ2n) is 4.80. The van der Waals surface area contributed by atoms with E-state index in [4.69, 9.17) is 6.42 Å². The maximum atomic E-state index is 5.67. The first-order valence-corrected chi connectivity index (χ1v) is 6.04. The Kier molecular flexibility index (Phi) is 2.14. The monoisotopic (exact) mass is 212 g/mol. The van der Waals surface area contributed by atoms with Gasteiger partial charge in [-0.05, 0) is 31.7 Å². The van der Waals surface area contributed by atoms with Crippen LogP contribution in [0.4, 0.5) is 5.82 Å². The fraction of sp³-hybridized carbons (Fsp3) is 0.500. The van der Waals surface area contributed by atoms with Crippen LogP contribution in [0.5, 0.6) is 0 Å². The van der Waals surface area contributed by atoms with Gasteiger partial charge < -0.3 is 4.90 Å². The number of anilines is 1. The summed E-state index contributed by atoms with van der Waals surface area (Å²) in [6, 6.07) is 4.17. The van der Waals surface area contributed by atoms with Crippen molar-refractivity contribution < 1.29 is 0 Å². The lowest BCUT2D eigenvalue weighted by molar-refractivity contribution is 0.862. The minimum Gasteiger partial charge on any atom is -0.356 e. The summed E-state index contributed by atoms with van der Waals surface area (Å²) < 4.78 is 0. The number of rotatable bonds is 2. The lowest BCUT2D eigenvalue weighted by Crippen LogP contribution is -2.22. The van der Waals surface area contributed by atoms with Crippen molar-refractivity contribution in [2.75, 3.05) is 18.0 Å². The summed E-state index contributed by atoms with van der Waals surface area (Å²) >= 11 is 0. The normalized spacial score (nSPS) is 21.8. The maximum Gasteiger partial charge on any atom is 0.133 e. The van der Waals surface area contributed by atoms with Crippen LogP contribution >= 0.6 is 0 Å². The van der Waals surface area contributed by atoms with Gasteiger partial charge in [-0.1, -0.05) is 12.0 Å². The predicted molar refractivity (Wildman–Crippen MR) is 65.4 cm³/mol. The molecule has 0 atom stereocenters. The molecule has 0 amide bonds. The zero-order valence-electron chi connectivity index (χ0n) is 9.45. The summed E-state index contributed by atoms with van der Waals surface area (Å²) in [5.41, 5.74) is 1.28. The number of nitrogens with zero attached hydrogens (tertiary/aromatic N) is 2. The molecule has 1 aliphatic heterocycles. The maximum absolute atomic E-state index is 5.67. The van der Waals surface area contributed by atoms with E-state index >= 15 is 0 Å². The molecule has 1 aromatic rings. The summed E-state index contributed by atoms with van der Waals surface area (Å²) in [6.45, 7) is 2.26. The topological polar surface area (TPSA) is 16.1 Å². The SMILES string of the molecule is C#CC1(c2cccnc2N2CCCC2)CC1. The number of hydrogen-bond donors (Lipinski definition) is 0. The second-order valence-corrected chi connectivity index (χ2v) is 4.80. The third-order valence-electron chi connectivity index (χ3n) is 3.73. The highest BCUT2D eigenvalue weighted by molar-refractivity contribution is 5.57. The number of hydrogen-bond acceptors (Lipinski definition) is 2. The summed E-state index contributed by atoms with van der Waals surface area (Å²) in [5, 5.41) is 0. The van der Waals surface area contributed by atoms with Crippen molar-refractivity contribution in [2.45, 2.75) is 31.1 Å². The quantitative estimate of drug-likeness (QED) is 0.699. The predicted octanol–water partition coefficient (Wildman–Crippen LogP) is 2.35. The average Bonchev–Trinajstić information content (AvgIpc) is 2.95. The lowest BCUT2D eigenvalue weighted by Gasteiger charge is -2.22. The van der Waals surface area contributed by atoms with E-state index in [0.29, 0.717) is 0 Å². The van der Waals surface area contributed by atoms with E-state index in [1.54, 1.807) is 0 Å². The van der Waals surface area contributed by atoms with Crippen LogP contribution in [0, 0.1) is 12.3 Å². The van der Waals surface area contributed by atoms with Crippen LogP contribution in [0.1, 0.15) is 31.2 Å². The highest BCUT2D eigenvalue weighted by atomic mass is 15.2. The van der Waals surface area contributed by atoms with Gasteiger partial charge >= 0.3 is 0 Å². The van der Waals surface area contributed by atoms with E-state index in [2.05, 4.69) is 21.9 Å². The Bertz CT molecular complexity index is 434. The van der Waals surface area contributed by atoms with E-state index in [0.717, 1.165) is 31.7 Å². The molecule has 1 aromatic heterocycles. The highest BCUT2D eigenvalue weighted by Crippen LogP contribution is 2.50. The van der Waals surface area contributed by atoms with Crippen LogP contribution in [0.3, 0.4) is 0 Å². The van der Waals surface area contributed by atoms with Gasteiger partial charge in [0.1, 0.15) is 5.82 Å². The Labute approximate surface area is 96.7 Å². The van der Waals surface area contributed by atoms with Crippen LogP contribution in [-0.4, -0.2) is 18.1 Å². The zero-order valence-corrected chi connectivity index (χ0v) is 9.45. The zero-order chi connectivity index (χ0) is 11.0. The Balaban J connectivity index is 2.01.